The summed E-state index contributed by atoms with van der Waals surface area (Å²) in [5.74, 6) is -1.14. The number of hydrogen-bond donors (Lipinski definition) is 1. The van der Waals surface area contributed by atoms with Crippen LogP contribution in [0.25, 0.3) is 10.9 Å². The maximum absolute atomic E-state index is 13.0. The van der Waals surface area contributed by atoms with Crippen molar-refractivity contribution in [2.75, 3.05) is 0 Å². The molecule has 1 unspecified atom stereocenters. The van der Waals surface area contributed by atoms with Gasteiger partial charge in [-0.05, 0) is 31.0 Å². The van der Waals surface area contributed by atoms with Crippen LogP contribution in [0.15, 0.2) is 59.7 Å². The minimum atomic E-state index is -0.920. The van der Waals surface area contributed by atoms with Gasteiger partial charge in [0.25, 0.3) is 0 Å². The van der Waals surface area contributed by atoms with Crippen molar-refractivity contribution in [3.05, 3.63) is 76.4 Å². The molecule has 0 aliphatic carbocycles. The number of carbonyl (C=O) groups is 2. The van der Waals surface area contributed by atoms with E-state index in [1.807, 2.05) is 61.5 Å². The van der Waals surface area contributed by atoms with Crippen molar-refractivity contribution in [3.63, 3.8) is 0 Å². The summed E-state index contributed by atoms with van der Waals surface area (Å²) in [6.45, 7) is 2.01. The first-order valence-corrected chi connectivity index (χ1v) is 10.5. The topological polar surface area (TPSA) is 82.9 Å². The Kier molecular flexibility index (Phi) is 6.00. The molecule has 1 amide bonds. The largest absolute Gasteiger partial charge is 0.481 e. The van der Waals surface area contributed by atoms with E-state index in [9.17, 15) is 9.59 Å². The molecule has 0 saturated carbocycles. The van der Waals surface area contributed by atoms with Gasteiger partial charge in [0.05, 0.1) is 17.3 Å². The first-order valence-electron chi connectivity index (χ1n) is 10.2. The number of aromatic nitrogens is 1. The van der Waals surface area contributed by atoms with E-state index in [0.717, 1.165) is 33.3 Å². The third-order valence-corrected chi connectivity index (χ3v) is 5.77. The number of halogens is 1. The number of para-hydroxylation sites is 1. The second-order valence-electron chi connectivity index (χ2n) is 7.63. The molecule has 0 spiro atoms. The number of pyridine rings is 1. The van der Waals surface area contributed by atoms with E-state index in [0.29, 0.717) is 11.6 Å². The van der Waals surface area contributed by atoms with Gasteiger partial charge < -0.3 is 5.11 Å². The van der Waals surface area contributed by atoms with Crippen LogP contribution in [0.4, 0.5) is 0 Å². The second-order valence-corrected chi connectivity index (χ2v) is 7.99. The van der Waals surface area contributed by atoms with E-state index >= 15 is 0 Å². The fourth-order valence-corrected chi connectivity index (χ4v) is 4.16. The Balaban J connectivity index is 1.71. The van der Waals surface area contributed by atoms with E-state index < -0.39 is 12.0 Å². The zero-order valence-electron chi connectivity index (χ0n) is 17.1. The maximum atomic E-state index is 13.0. The molecule has 1 N–H and O–H groups in total. The van der Waals surface area contributed by atoms with Crippen molar-refractivity contribution < 1.29 is 14.7 Å². The lowest BCUT2D eigenvalue weighted by atomic mass is 9.96. The van der Waals surface area contributed by atoms with Crippen molar-refractivity contribution in [3.8, 4) is 0 Å². The SMILES string of the molecule is Cc1ccccc1C1=NN(C(=O)CCCC(=O)O)C(c2cc3ccccc3nc2Cl)C1. The van der Waals surface area contributed by atoms with E-state index in [2.05, 4.69) is 10.1 Å². The summed E-state index contributed by atoms with van der Waals surface area (Å²) in [6.07, 6.45) is 0.814. The highest BCUT2D eigenvalue weighted by Gasteiger charge is 2.35. The molecule has 0 fully saturated rings. The quantitative estimate of drug-likeness (QED) is 0.544. The van der Waals surface area contributed by atoms with Crippen LogP contribution in [-0.4, -0.2) is 32.7 Å². The van der Waals surface area contributed by atoms with E-state index in [4.69, 9.17) is 16.7 Å². The number of carbonyl (C=O) groups excluding carboxylic acids is 1. The molecule has 158 valence electrons. The zero-order chi connectivity index (χ0) is 22.0. The highest BCUT2D eigenvalue weighted by Crippen LogP contribution is 2.38. The lowest BCUT2D eigenvalue weighted by Gasteiger charge is -2.23. The molecule has 3 aromatic rings. The number of amides is 1. The average Bonchev–Trinajstić information content (AvgIpc) is 3.18. The molecule has 1 aliphatic rings. The number of nitrogens with zero attached hydrogens (tertiary/aromatic N) is 3. The summed E-state index contributed by atoms with van der Waals surface area (Å²) in [7, 11) is 0. The second kappa shape index (κ2) is 8.86. The average molecular weight is 436 g/mol. The standard InChI is InChI=1S/C24H22ClN3O3/c1-15-7-2-4-9-17(15)20-14-21(28(27-20)22(29)11-6-12-23(30)31)18-13-16-8-3-5-10-19(16)26-24(18)25/h2-5,7-10,13,21H,6,11-12,14H2,1H3,(H,30,31). The minimum Gasteiger partial charge on any atom is -0.481 e. The Labute approximate surface area is 185 Å². The highest BCUT2D eigenvalue weighted by atomic mass is 35.5. The van der Waals surface area contributed by atoms with Gasteiger partial charge in [0.15, 0.2) is 0 Å². The summed E-state index contributed by atoms with van der Waals surface area (Å²) in [4.78, 5) is 28.4. The Morgan fingerprint density at radius 2 is 1.87 bits per heavy atom. The van der Waals surface area contributed by atoms with Gasteiger partial charge in [-0.1, -0.05) is 54.1 Å². The number of hydrogen-bond acceptors (Lipinski definition) is 4. The third-order valence-electron chi connectivity index (χ3n) is 5.47. The number of rotatable bonds is 6. The van der Waals surface area contributed by atoms with Crippen LogP contribution in [0, 0.1) is 6.92 Å². The molecule has 6 nitrogen and oxygen atoms in total. The van der Waals surface area contributed by atoms with Crippen LogP contribution >= 0.6 is 11.6 Å². The third kappa shape index (κ3) is 4.44. The number of benzene rings is 2. The smallest absolute Gasteiger partial charge is 0.303 e. The Morgan fingerprint density at radius 1 is 1.13 bits per heavy atom. The lowest BCUT2D eigenvalue weighted by Crippen LogP contribution is -2.27. The van der Waals surface area contributed by atoms with Crippen molar-refractivity contribution in [2.24, 2.45) is 5.10 Å². The van der Waals surface area contributed by atoms with Crippen LogP contribution in [0.1, 0.15) is 48.4 Å². The Morgan fingerprint density at radius 3 is 2.65 bits per heavy atom. The molecule has 1 aromatic heterocycles. The molecule has 2 heterocycles. The van der Waals surface area contributed by atoms with Gasteiger partial charge in [-0.25, -0.2) is 9.99 Å². The van der Waals surface area contributed by atoms with Gasteiger partial charge in [-0.3, -0.25) is 9.59 Å². The first kappa shape index (κ1) is 21.0. The van der Waals surface area contributed by atoms with Crippen LogP contribution in [0.5, 0.6) is 0 Å². The summed E-state index contributed by atoms with van der Waals surface area (Å²) < 4.78 is 0. The molecule has 31 heavy (non-hydrogen) atoms. The summed E-state index contributed by atoms with van der Waals surface area (Å²) in [5.41, 5.74) is 4.38. The zero-order valence-corrected chi connectivity index (χ0v) is 17.8. The van der Waals surface area contributed by atoms with Gasteiger partial charge >= 0.3 is 5.97 Å². The molecule has 2 aromatic carbocycles. The molecular weight excluding hydrogens is 414 g/mol. The molecule has 0 saturated heterocycles. The predicted molar refractivity (Wildman–Crippen MR) is 120 cm³/mol. The number of aliphatic carboxylic acids is 1. The van der Waals surface area contributed by atoms with E-state index in [-0.39, 0.29) is 25.2 Å². The number of carboxylic acid groups (broad SMARTS) is 1. The molecule has 1 aliphatic heterocycles. The Hall–Kier alpha value is -3.25. The molecule has 1 atom stereocenters. The van der Waals surface area contributed by atoms with Crippen molar-refractivity contribution in [1.82, 2.24) is 9.99 Å². The van der Waals surface area contributed by atoms with Gasteiger partial charge in [0.1, 0.15) is 5.15 Å². The number of hydrazone groups is 1. The fourth-order valence-electron chi connectivity index (χ4n) is 3.89. The van der Waals surface area contributed by atoms with Crippen LogP contribution < -0.4 is 0 Å². The van der Waals surface area contributed by atoms with Gasteiger partial charge in [-0.15, -0.1) is 0 Å². The van der Waals surface area contributed by atoms with Crippen molar-refractivity contribution in [1.29, 1.82) is 0 Å². The lowest BCUT2D eigenvalue weighted by molar-refractivity contribution is -0.137. The first-order chi connectivity index (χ1) is 14.9. The monoisotopic (exact) mass is 435 g/mol. The van der Waals surface area contributed by atoms with E-state index in [1.165, 1.54) is 5.01 Å². The van der Waals surface area contributed by atoms with Crippen molar-refractivity contribution in [2.45, 2.75) is 38.6 Å². The normalized spacial score (nSPS) is 15.9. The summed E-state index contributed by atoms with van der Waals surface area (Å²) in [5, 5.41) is 16.3. The maximum Gasteiger partial charge on any atom is 0.303 e. The molecular formula is C24H22ClN3O3. The van der Waals surface area contributed by atoms with Gasteiger partial charge in [0, 0.05) is 35.8 Å². The number of carboxylic acids is 1. The van der Waals surface area contributed by atoms with Crippen LogP contribution in [-0.2, 0) is 9.59 Å². The fraction of sp³-hybridized carbons (Fsp3) is 0.250. The van der Waals surface area contributed by atoms with E-state index in [1.54, 1.807) is 0 Å². The predicted octanol–water partition coefficient (Wildman–Crippen LogP) is 5.13. The summed E-state index contributed by atoms with van der Waals surface area (Å²) in [6, 6.07) is 17.2. The number of fused-ring (bicyclic) bond motifs is 1. The van der Waals surface area contributed by atoms with Gasteiger partial charge in [-0.2, -0.15) is 5.10 Å². The van der Waals surface area contributed by atoms with Gasteiger partial charge in [0.2, 0.25) is 5.91 Å². The molecule has 7 heteroatoms. The summed E-state index contributed by atoms with van der Waals surface area (Å²) >= 11 is 6.55. The highest BCUT2D eigenvalue weighted by molar-refractivity contribution is 6.30. The van der Waals surface area contributed by atoms with Crippen LogP contribution in [0.2, 0.25) is 5.15 Å². The molecule has 0 bridgehead atoms. The Bertz CT molecular complexity index is 1190. The molecule has 0 radical (unpaired) electrons. The molecule has 4 rings (SSSR count). The van der Waals surface area contributed by atoms with Crippen LogP contribution in [0.3, 0.4) is 0 Å². The minimum absolute atomic E-state index is 0.0586. The van der Waals surface area contributed by atoms with Crippen molar-refractivity contribution >= 4 is 40.1 Å². The number of aryl methyl sites for hydroxylation is 1.